The molecule has 0 aromatic heterocycles. The normalized spacial score (nSPS) is 21.1. The molecule has 3 heteroatoms. The Labute approximate surface area is 163 Å². The fourth-order valence-electron chi connectivity index (χ4n) is 3.50. The summed E-state index contributed by atoms with van der Waals surface area (Å²) in [4.78, 5) is 10.4. The molecule has 0 saturated carbocycles. The van der Waals surface area contributed by atoms with Gasteiger partial charge in [-0.25, -0.2) is 4.39 Å². The average Bonchev–Trinajstić information content (AvgIpc) is 2.78. The van der Waals surface area contributed by atoms with Crippen molar-refractivity contribution in [1.82, 2.24) is 0 Å². The fraction of sp³-hybridized carbons (Fsp3) is 0.375. The Balaban J connectivity index is 0.000000289. The molecule has 1 unspecified atom stereocenters. The van der Waals surface area contributed by atoms with Crippen LogP contribution in [0.4, 0.5) is 4.39 Å². The van der Waals surface area contributed by atoms with E-state index in [4.69, 9.17) is 4.74 Å². The van der Waals surface area contributed by atoms with Gasteiger partial charge in [-0.05, 0) is 53.5 Å². The lowest BCUT2D eigenvalue weighted by Crippen LogP contribution is -2.13. The number of carbonyl (C=O) groups excluding carboxylic acids is 1. The molecule has 2 aromatic rings. The summed E-state index contributed by atoms with van der Waals surface area (Å²) in [5.41, 5.74) is 3.46. The smallest absolute Gasteiger partial charge is 0.302 e. The molecule has 0 aliphatic heterocycles. The highest BCUT2D eigenvalue weighted by Gasteiger charge is 2.27. The number of rotatable bonds is 3. The van der Waals surface area contributed by atoms with Crippen LogP contribution in [0.15, 0.2) is 61.2 Å². The first kappa shape index (κ1) is 20.9. The number of esters is 1. The molecule has 1 aliphatic carbocycles. The SMILES string of the molecule is C=C[C@H]1c2ccc(F)cc2CC[C@@H](C)C1C.CC(=O)OCc1ccccc1.[HH]. The number of carbonyl (C=O) groups is 1. The lowest BCUT2D eigenvalue weighted by molar-refractivity contribution is -0.142. The van der Waals surface area contributed by atoms with E-state index in [1.54, 1.807) is 12.1 Å². The van der Waals surface area contributed by atoms with Crippen molar-refractivity contribution in [3.63, 3.8) is 0 Å². The third kappa shape index (κ3) is 6.06. The van der Waals surface area contributed by atoms with Crippen LogP contribution in [0.1, 0.15) is 51.2 Å². The molecular formula is C24H31FO2. The van der Waals surface area contributed by atoms with Gasteiger partial charge < -0.3 is 4.74 Å². The van der Waals surface area contributed by atoms with Crippen LogP contribution >= 0.6 is 0 Å². The monoisotopic (exact) mass is 370 g/mol. The number of benzene rings is 2. The Morgan fingerprint density at radius 2 is 1.96 bits per heavy atom. The summed E-state index contributed by atoms with van der Waals surface area (Å²) in [6.07, 6.45) is 4.15. The van der Waals surface area contributed by atoms with Crippen molar-refractivity contribution < 1.29 is 15.3 Å². The zero-order valence-electron chi connectivity index (χ0n) is 16.5. The highest BCUT2D eigenvalue weighted by atomic mass is 19.1. The maximum Gasteiger partial charge on any atom is 0.302 e. The van der Waals surface area contributed by atoms with Gasteiger partial charge in [0.25, 0.3) is 0 Å². The molecule has 0 spiro atoms. The molecule has 1 aliphatic rings. The van der Waals surface area contributed by atoms with E-state index in [1.165, 1.54) is 18.1 Å². The maximum atomic E-state index is 13.2. The molecule has 0 amide bonds. The van der Waals surface area contributed by atoms with Crippen LogP contribution < -0.4 is 0 Å². The summed E-state index contributed by atoms with van der Waals surface area (Å²) >= 11 is 0. The first-order chi connectivity index (χ1) is 12.9. The summed E-state index contributed by atoms with van der Waals surface area (Å²) < 4.78 is 18.0. The standard InChI is InChI=1S/C15H19F.C9H10O2.H2/c1-4-14-11(3)10(2)5-6-12-9-13(16)7-8-15(12)14;1-8(10)11-7-9-5-3-2-4-6-9;/h4,7-11,14H,1,5-6H2,2-3H3;2-6H,7H2,1H3;1H/t10-,11?,14-;;/m1../s1. The second-order valence-corrected chi connectivity index (χ2v) is 7.25. The molecule has 3 rings (SSSR count). The molecular weight excluding hydrogens is 339 g/mol. The van der Waals surface area contributed by atoms with Crippen molar-refractivity contribution in [2.75, 3.05) is 0 Å². The lowest BCUT2D eigenvalue weighted by Gasteiger charge is -2.24. The van der Waals surface area contributed by atoms with Gasteiger partial charge in [0.1, 0.15) is 12.4 Å². The zero-order valence-corrected chi connectivity index (χ0v) is 16.5. The summed E-state index contributed by atoms with van der Waals surface area (Å²) in [6.45, 7) is 10.3. The van der Waals surface area contributed by atoms with Crippen molar-refractivity contribution in [2.45, 2.75) is 46.1 Å². The fourth-order valence-corrected chi connectivity index (χ4v) is 3.50. The van der Waals surface area contributed by atoms with E-state index in [2.05, 4.69) is 20.4 Å². The van der Waals surface area contributed by atoms with Gasteiger partial charge in [-0.1, -0.05) is 56.3 Å². The van der Waals surface area contributed by atoms with Crippen molar-refractivity contribution in [3.8, 4) is 0 Å². The minimum atomic E-state index is -0.242. The molecule has 0 fully saturated rings. The molecule has 3 atom stereocenters. The van der Waals surface area contributed by atoms with Crippen LogP contribution in [0.3, 0.4) is 0 Å². The number of hydrogen-bond acceptors (Lipinski definition) is 2. The van der Waals surface area contributed by atoms with E-state index >= 15 is 0 Å². The van der Waals surface area contributed by atoms with Crippen LogP contribution in [-0.4, -0.2) is 5.97 Å². The number of halogens is 1. The van der Waals surface area contributed by atoms with Crippen molar-refractivity contribution in [3.05, 3.63) is 83.7 Å². The summed E-state index contributed by atoms with van der Waals surface area (Å²) in [6, 6.07) is 14.8. The molecule has 0 N–H and O–H groups in total. The summed E-state index contributed by atoms with van der Waals surface area (Å²) in [7, 11) is 0. The first-order valence-electron chi connectivity index (χ1n) is 9.50. The van der Waals surface area contributed by atoms with Gasteiger partial charge in [0.2, 0.25) is 0 Å². The Hall–Kier alpha value is -2.42. The van der Waals surface area contributed by atoms with Gasteiger partial charge in [0.15, 0.2) is 0 Å². The Bertz CT molecular complexity index is 760. The maximum absolute atomic E-state index is 13.2. The quantitative estimate of drug-likeness (QED) is 0.359. The van der Waals surface area contributed by atoms with Gasteiger partial charge in [-0.3, -0.25) is 4.79 Å². The lowest BCUT2D eigenvalue weighted by atomic mass is 9.81. The topological polar surface area (TPSA) is 26.3 Å². The highest BCUT2D eigenvalue weighted by molar-refractivity contribution is 5.65. The van der Waals surface area contributed by atoms with Crippen LogP contribution in [-0.2, 0) is 22.6 Å². The molecule has 0 heterocycles. The first-order valence-corrected chi connectivity index (χ1v) is 9.50. The van der Waals surface area contributed by atoms with Gasteiger partial charge in [0.05, 0.1) is 0 Å². The molecule has 2 nitrogen and oxygen atoms in total. The predicted molar refractivity (Wildman–Crippen MR) is 110 cm³/mol. The molecule has 27 heavy (non-hydrogen) atoms. The van der Waals surface area contributed by atoms with E-state index in [1.807, 2.05) is 42.5 Å². The van der Waals surface area contributed by atoms with E-state index in [0.29, 0.717) is 24.4 Å². The number of hydrogen-bond donors (Lipinski definition) is 0. The zero-order chi connectivity index (χ0) is 19.8. The van der Waals surface area contributed by atoms with Crippen LogP contribution in [0.2, 0.25) is 0 Å². The molecule has 0 bridgehead atoms. The van der Waals surface area contributed by atoms with E-state index in [9.17, 15) is 9.18 Å². The van der Waals surface area contributed by atoms with Gasteiger partial charge in [-0.2, -0.15) is 0 Å². The Kier molecular flexibility index (Phi) is 7.78. The van der Waals surface area contributed by atoms with Gasteiger partial charge >= 0.3 is 5.97 Å². The second kappa shape index (κ2) is 10.1. The van der Waals surface area contributed by atoms with E-state index in [-0.39, 0.29) is 13.2 Å². The molecule has 2 aromatic carbocycles. The number of allylic oxidation sites excluding steroid dienone is 1. The Morgan fingerprint density at radius 1 is 1.26 bits per heavy atom. The molecule has 0 radical (unpaired) electrons. The largest absolute Gasteiger partial charge is 0.461 e. The number of ether oxygens (including phenoxy) is 1. The third-order valence-corrected chi connectivity index (χ3v) is 5.34. The van der Waals surface area contributed by atoms with Crippen LogP contribution in [0.5, 0.6) is 0 Å². The van der Waals surface area contributed by atoms with Crippen molar-refractivity contribution in [1.29, 1.82) is 0 Å². The number of aryl methyl sites for hydroxylation is 1. The van der Waals surface area contributed by atoms with Gasteiger partial charge in [0, 0.05) is 14.3 Å². The van der Waals surface area contributed by atoms with Crippen molar-refractivity contribution in [2.24, 2.45) is 11.8 Å². The Morgan fingerprint density at radius 3 is 2.59 bits per heavy atom. The minimum absolute atomic E-state index is 0. The summed E-state index contributed by atoms with van der Waals surface area (Å²) in [5, 5.41) is 0. The highest BCUT2D eigenvalue weighted by Crippen LogP contribution is 2.38. The molecule has 0 saturated heterocycles. The van der Waals surface area contributed by atoms with E-state index in [0.717, 1.165) is 18.4 Å². The van der Waals surface area contributed by atoms with Crippen LogP contribution in [0, 0.1) is 17.7 Å². The second-order valence-electron chi connectivity index (χ2n) is 7.25. The summed E-state index contributed by atoms with van der Waals surface area (Å²) in [5.74, 6) is 1.26. The minimum Gasteiger partial charge on any atom is -0.461 e. The average molecular weight is 371 g/mol. The predicted octanol–water partition coefficient (Wildman–Crippen LogP) is 6.31. The van der Waals surface area contributed by atoms with Crippen LogP contribution in [0.25, 0.3) is 0 Å². The third-order valence-electron chi connectivity index (χ3n) is 5.34. The van der Waals surface area contributed by atoms with Gasteiger partial charge in [-0.15, -0.1) is 6.58 Å². The van der Waals surface area contributed by atoms with E-state index < -0.39 is 0 Å². The van der Waals surface area contributed by atoms with Crippen molar-refractivity contribution >= 4 is 5.97 Å². The number of fused-ring (bicyclic) bond motifs is 1. The molecule has 146 valence electrons.